The molecule has 0 saturated heterocycles. The zero-order valence-corrected chi connectivity index (χ0v) is 5.00. The van der Waals surface area contributed by atoms with Crippen molar-refractivity contribution < 1.29 is 17.3 Å². The van der Waals surface area contributed by atoms with Crippen LogP contribution in [-0.2, 0) is 14.7 Å². The third-order valence-corrected chi connectivity index (χ3v) is 0.588. The molecule has 0 heterocycles. The van der Waals surface area contributed by atoms with Gasteiger partial charge >= 0.3 is 10.4 Å². The second kappa shape index (κ2) is 3.22. The van der Waals surface area contributed by atoms with Crippen molar-refractivity contribution in [2.45, 2.75) is 0 Å². The molecule has 0 spiro atoms. The average molecular weight is 155 g/mol. The number of hydroxylamine groups is 1. The topological polar surface area (TPSA) is 114 Å². The van der Waals surface area contributed by atoms with Crippen LogP contribution in [0.3, 0.4) is 0 Å². The van der Waals surface area contributed by atoms with Crippen LogP contribution in [0.2, 0.25) is 0 Å². The van der Waals surface area contributed by atoms with Crippen molar-refractivity contribution in [2.75, 3.05) is 0 Å². The van der Waals surface area contributed by atoms with Crippen molar-refractivity contribution in [3.8, 4) is 0 Å². The molecule has 54 valence electrons. The zero-order valence-electron chi connectivity index (χ0n) is 4.18. The number of hydrogen-bond donors (Lipinski definition) is 3. The molecule has 0 saturated carbocycles. The highest BCUT2D eigenvalue weighted by atomic mass is 32.3. The van der Waals surface area contributed by atoms with Crippen LogP contribution in [0.1, 0.15) is 0 Å². The molecular formula is CH5N3O4S. The summed E-state index contributed by atoms with van der Waals surface area (Å²) in [6.07, 6.45) is 0.744. The first-order valence-corrected chi connectivity index (χ1v) is 3.06. The molecule has 0 aliphatic rings. The fraction of sp³-hybridized carbons (Fsp3) is 0. The predicted molar refractivity (Wildman–Crippen MR) is 28.4 cm³/mol. The van der Waals surface area contributed by atoms with Gasteiger partial charge in [-0.1, -0.05) is 0 Å². The highest BCUT2D eigenvalue weighted by Crippen LogP contribution is 1.75. The Morgan fingerprint density at radius 1 is 1.78 bits per heavy atom. The molecule has 8 heteroatoms. The van der Waals surface area contributed by atoms with Gasteiger partial charge in [0.15, 0.2) is 0 Å². The normalized spacial score (nSPS) is 12.1. The van der Waals surface area contributed by atoms with E-state index in [1.165, 1.54) is 0 Å². The maximum atomic E-state index is 9.67. The zero-order chi connectivity index (χ0) is 7.33. The van der Waals surface area contributed by atoms with E-state index in [0.29, 0.717) is 0 Å². The number of hydrogen-bond acceptors (Lipinski definition) is 5. The molecule has 0 rings (SSSR count). The molecule has 0 aromatic carbocycles. The minimum Gasteiger partial charge on any atom is -0.322 e. The number of rotatable bonds is 3. The Morgan fingerprint density at radius 3 is 2.67 bits per heavy atom. The van der Waals surface area contributed by atoms with E-state index < -0.39 is 10.4 Å². The van der Waals surface area contributed by atoms with E-state index in [1.54, 1.807) is 5.48 Å². The molecule has 0 amide bonds. The maximum absolute atomic E-state index is 9.67. The molecule has 0 aliphatic heterocycles. The lowest BCUT2D eigenvalue weighted by molar-refractivity contribution is 0.230. The summed E-state index contributed by atoms with van der Waals surface area (Å²) in [5.41, 5.74) is 1.62. The van der Waals surface area contributed by atoms with E-state index in [-0.39, 0.29) is 0 Å². The molecule has 9 heavy (non-hydrogen) atoms. The van der Waals surface area contributed by atoms with E-state index in [1.807, 2.05) is 0 Å². The van der Waals surface area contributed by atoms with Crippen molar-refractivity contribution in [1.29, 1.82) is 0 Å². The van der Waals surface area contributed by atoms with Gasteiger partial charge in [0.05, 0.1) is 0 Å². The van der Waals surface area contributed by atoms with E-state index in [4.69, 9.17) is 4.55 Å². The van der Waals surface area contributed by atoms with Crippen molar-refractivity contribution in [3.63, 3.8) is 0 Å². The molecule has 0 bridgehead atoms. The SMILES string of the molecule is NN=CNOS(=O)(=O)O. The van der Waals surface area contributed by atoms with Crippen LogP contribution < -0.4 is 11.3 Å². The van der Waals surface area contributed by atoms with Gasteiger partial charge in [-0.05, 0) is 0 Å². The average Bonchev–Trinajstić information content (AvgIpc) is 1.63. The maximum Gasteiger partial charge on any atom is 0.418 e. The molecule has 0 atom stereocenters. The molecule has 0 fully saturated rings. The quantitative estimate of drug-likeness (QED) is 0.146. The Bertz CT molecular complexity index is 182. The van der Waals surface area contributed by atoms with Crippen molar-refractivity contribution in [2.24, 2.45) is 10.9 Å². The molecule has 0 radical (unpaired) electrons. The Kier molecular flexibility index (Phi) is 2.91. The summed E-state index contributed by atoms with van der Waals surface area (Å²) in [5, 5.41) is 2.80. The summed E-state index contributed by atoms with van der Waals surface area (Å²) in [4.78, 5) is 0. The molecule has 0 aromatic rings. The van der Waals surface area contributed by atoms with E-state index in [2.05, 4.69) is 15.2 Å². The smallest absolute Gasteiger partial charge is 0.322 e. The van der Waals surface area contributed by atoms with Gasteiger partial charge in [-0.2, -0.15) is 13.5 Å². The first-order chi connectivity index (χ1) is 4.06. The summed E-state index contributed by atoms with van der Waals surface area (Å²) in [6.45, 7) is 0. The minimum atomic E-state index is -4.45. The first-order valence-electron chi connectivity index (χ1n) is 1.69. The van der Waals surface area contributed by atoms with Crippen LogP contribution >= 0.6 is 0 Å². The monoisotopic (exact) mass is 155 g/mol. The van der Waals surface area contributed by atoms with Gasteiger partial charge in [0, 0.05) is 0 Å². The van der Waals surface area contributed by atoms with Crippen LogP contribution in [0.15, 0.2) is 5.10 Å². The van der Waals surface area contributed by atoms with Gasteiger partial charge in [-0.15, -0.1) is 4.28 Å². The van der Waals surface area contributed by atoms with Gasteiger partial charge in [0.25, 0.3) is 0 Å². The van der Waals surface area contributed by atoms with Crippen LogP contribution in [-0.4, -0.2) is 19.3 Å². The fourth-order valence-electron chi connectivity index (χ4n) is 0.113. The lowest BCUT2D eigenvalue weighted by Crippen LogP contribution is -2.18. The lowest BCUT2D eigenvalue weighted by atomic mass is 11.4. The number of hydrazone groups is 1. The van der Waals surface area contributed by atoms with Gasteiger partial charge in [0.1, 0.15) is 6.34 Å². The second-order valence-electron chi connectivity index (χ2n) is 0.907. The molecule has 0 aliphatic carbocycles. The minimum absolute atomic E-state index is 0.744. The van der Waals surface area contributed by atoms with E-state index in [9.17, 15) is 8.42 Å². The summed E-state index contributed by atoms with van der Waals surface area (Å²) in [7, 11) is -4.45. The molecule has 0 aromatic heterocycles. The van der Waals surface area contributed by atoms with Crippen molar-refractivity contribution >= 4 is 16.7 Å². The fourth-order valence-corrected chi connectivity index (χ4v) is 0.277. The molecular weight excluding hydrogens is 150 g/mol. The number of nitrogens with one attached hydrogen (secondary N) is 1. The Hall–Kier alpha value is -0.860. The van der Waals surface area contributed by atoms with Crippen LogP contribution in [0.25, 0.3) is 0 Å². The number of nitrogens with two attached hydrogens (primary N) is 1. The summed E-state index contributed by atoms with van der Waals surface area (Å²) >= 11 is 0. The largest absolute Gasteiger partial charge is 0.418 e. The Morgan fingerprint density at radius 2 is 2.33 bits per heavy atom. The van der Waals surface area contributed by atoms with Gasteiger partial charge < -0.3 is 5.84 Å². The summed E-state index contributed by atoms with van der Waals surface area (Å²) < 4.78 is 30.7. The van der Waals surface area contributed by atoms with Crippen LogP contribution in [0, 0.1) is 0 Å². The third-order valence-electron chi connectivity index (χ3n) is 0.281. The predicted octanol–water partition coefficient (Wildman–Crippen LogP) is -1.79. The molecule has 0 unspecified atom stereocenters. The standard InChI is InChI=1S/CH5N3O4S/c2-3-1-4-8-9(5,6)7/h1H,2H2,(H,3,4)(H,5,6,7). The number of nitrogens with zero attached hydrogens (tertiary/aromatic N) is 1. The molecule has 4 N–H and O–H groups in total. The highest BCUT2D eigenvalue weighted by molar-refractivity contribution is 7.80. The van der Waals surface area contributed by atoms with Gasteiger partial charge in [0.2, 0.25) is 0 Å². The molecule has 7 nitrogen and oxygen atoms in total. The van der Waals surface area contributed by atoms with Crippen molar-refractivity contribution in [3.05, 3.63) is 0 Å². The summed E-state index contributed by atoms with van der Waals surface area (Å²) in [6, 6.07) is 0. The first kappa shape index (κ1) is 8.14. The van der Waals surface area contributed by atoms with E-state index in [0.717, 1.165) is 6.34 Å². The van der Waals surface area contributed by atoms with Crippen LogP contribution in [0.4, 0.5) is 0 Å². The second-order valence-corrected chi connectivity index (χ2v) is 1.93. The Labute approximate surface area is 51.4 Å². The van der Waals surface area contributed by atoms with Gasteiger partial charge in [-0.25, -0.2) is 5.48 Å². The lowest BCUT2D eigenvalue weighted by Gasteiger charge is -1.92. The van der Waals surface area contributed by atoms with E-state index >= 15 is 0 Å². The Balaban J connectivity index is 3.53. The van der Waals surface area contributed by atoms with Crippen LogP contribution in [0.5, 0.6) is 0 Å². The van der Waals surface area contributed by atoms with Gasteiger partial charge in [-0.3, -0.25) is 4.55 Å². The third kappa shape index (κ3) is 7.14. The summed E-state index contributed by atoms with van der Waals surface area (Å²) in [5.74, 6) is 4.51. The van der Waals surface area contributed by atoms with Crippen molar-refractivity contribution in [1.82, 2.24) is 5.48 Å². The highest BCUT2D eigenvalue weighted by Gasteiger charge is 2.00.